The molecule has 3 aromatic rings. The van der Waals surface area contributed by atoms with Crippen molar-refractivity contribution in [3.05, 3.63) is 50.0 Å². The van der Waals surface area contributed by atoms with Crippen LogP contribution in [0.5, 0.6) is 0 Å². The zero-order valence-corrected chi connectivity index (χ0v) is 11.8. The second-order valence-corrected chi connectivity index (χ2v) is 6.34. The van der Waals surface area contributed by atoms with Crippen molar-refractivity contribution in [1.29, 1.82) is 0 Å². The molecule has 0 aromatic carbocycles. The first-order valence-electron chi connectivity index (χ1n) is 5.67. The first-order chi connectivity index (χ1) is 9.15. The van der Waals surface area contributed by atoms with Gasteiger partial charge in [-0.2, -0.15) is 0 Å². The van der Waals surface area contributed by atoms with Crippen LogP contribution in [0.15, 0.2) is 34.7 Å². The fourth-order valence-electron chi connectivity index (χ4n) is 1.86. The standard InChI is InChI=1S/C13H10N2O2S2/c1-8-5-9-12(19-8)14-7-15(13(9)17)6-10(16)11-3-2-4-18-11/h2-5,7H,6H2,1H3. The van der Waals surface area contributed by atoms with Crippen LogP contribution in [0.3, 0.4) is 0 Å². The molecular weight excluding hydrogens is 280 g/mol. The molecule has 3 rings (SSSR count). The molecule has 0 aliphatic carbocycles. The van der Waals surface area contributed by atoms with E-state index in [1.807, 2.05) is 24.4 Å². The Morgan fingerprint density at radius 1 is 1.47 bits per heavy atom. The molecular formula is C13H10N2O2S2. The maximum atomic E-state index is 12.2. The van der Waals surface area contributed by atoms with Gasteiger partial charge in [-0.05, 0) is 24.4 Å². The van der Waals surface area contributed by atoms with Crippen molar-refractivity contribution in [2.75, 3.05) is 0 Å². The molecule has 0 bridgehead atoms. The molecule has 0 atom stereocenters. The van der Waals surface area contributed by atoms with E-state index < -0.39 is 0 Å². The van der Waals surface area contributed by atoms with Gasteiger partial charge in [0.2, 0.25) is 0 Å². The van der Waals surface area contributed by atoms with Gasteiger partial charge in [0.25, 0.3) is 5.56 Å². The van der Waals surface area contributed by atoms with Gasteiger partial charge in [-0.3, -0.25) is 14.2 Å². The van der Waals surface area contributed by atoms with Crippen LogP contribution in [0.4, 0.5) is 0 Å². The molecule has 0 radical (unpaired) electrons. The number of hydrogen-bond acceptors (Lipinski definition) is 5. The molecule has 3 aromatic heterocycles. The minimum atomic E-state index is -0.153. The largest absolute Gasteiger partial charge is 0.291 e. The third kappa shape index (κ3) is 2.24. The highest BCUT2D eigenvalue weighted by atomic mass is 32.1. The fourth-order valence-corrected chi connectivity index (χ4v) is 3.36. The average molecular weight is 290 g/mol. The predicted molar refractivity (Wildman–Crippen MR) is 77.3 cm³/mol. The van der Waals surface area contributed by atoms with Gasteiger partial charge in [-0.1, -0.05) is 6.07 Å². The van der Waals surface area contributed by atoms with Crippen molar-refractivity contribution >= 4 is 38.7 Å². The molecule has 0 N–H and O–H groups in total. The van der Waals surface area contributed by atoms with E-state index >= 15 is 0 Å². The summed E-state index contributed by atoms with van der Waals surface area (Å²) < 4.78 is 1.37. The van der Waals surface area contributed by atoms with Crippen molar-refractivity contribution < 1.29 is 4.79 Å². The van der Waals surface area contributed by atoms with Gasteiger partial charge < -0.3 is 0 Å². The maximum Gasteiger partial charge on any atom is 0.262 e. The highest BCUT2D eigenvalue weighted by molar-refractivity contribution is 7.18. The Bertz CT molecular complexity index is 800. The molecule has 0 aliphatic rings. The van der Waals surface area contributed by atoms with Crippen molar-refractivity contribution in [3.63, 3.8) is 0 Å². The molecule has 0 unspecified atom stereocenters. The van der Waals surface area contributed by atoms with Crippen LogP contribution in [0.1, 0.15) is 14.5 Å². The highest BCUT2D eigenvalue weighted by Gasteiger charge is 2.12. The SMILES string of the molecule is Cc1cc2c(=O)n(CC(=O)c3cccs3)cnc2s1. The summed E-state index contributed by atoms with van der Waals surface area (Å²) in [6, 6.07) is 5.41. The van der Waals surface area contributed by atoms with Crippen molar-refractivity contribution in [3.8, 4) is 0 Å². The van der Waals surface area contributed by atoms with Crippen LogP contribution < -0.4 is 5.56 Å². The molecule has 3 heterocycles. The molecule has 4 nitrogen and oxygen atoms in total. The van der Waals surface area contributed by atoms with E-state index in [2.05, 4.69) is 4.98 Å². The van der Waals surface area contributed by atoms with Crippen molar-refractivity contribution in [2.45, 2.75) is 13.5 Å². The summed E-state index contributed by atoms with van der Waals surface area (Å²) in [7, 11) is 0. The van der Waals surface area contributed by atoms with Gasteiger partial charge in [0.05, 0.1) is 23.1 Å². The molecule has 0 saturated heterocycles. The van der Waals surface area contributed by atoms with Gasteiger partial charge in [0.1, 0.15) is 4.83 Å². The summed E-state index contributed by atoms with van der Waals surface area (Å²) in [6.45, 7) is 1.98. The summed E-state index contributed by atoms with van der Waals surface area (Å²) >= 11 is 2.86. The van der Waals surface area contributed by atoms with Gasteiger partial charge in [0, 0.05) is 4.88 Å². The van der Waals surface area contributed by atoms with E-state index in [-0.39, 0.29) is 17.9 Å². The van der Waals surface area contributed by atoms with Crippen LogP contribution in [0, 0.1) is 6.92 Å². The zero-order valence-electron chi connectivity index (χ0n) is 10.1. The molecule has 6 heteroatoms. The Morgan fingerprint density at radius 3 is 3.05 bits per heavy atom. The lowest BCUT2D eigenvalue weighted by Gasteiger charge is -2.02. The quantitative estimate of drug-likeness (QED) is 0.697. The minimum Gasteiger partial charge on any atom is -0.291 e. The third-order valence-corrected chi connectivity index (χ3v) is 4.62. The second kappa shape index (κ2) is 4.71. The number of thiophene rings is 2. The van der Waals surface area contributed by atoms with Gasteiger partial charge >= 0.3 is 0 Å². The molecule has 0 spiro atoms. The van der Waals surface area contributed by atoms with Crippen molar-refractivity contribution in [2.24, 2.45) is 0 Å². The number of Topliss-reactive ketones (excluding diaryl/α,β-unsaturated/α-hetero) is 1. The number of carbonyl (C=O) groups is 1. The lowest BCUT2D eigenvalue weighted by molar-refractivity contribution is 0.0974. The summed E-state index contributed by atoms with van der Waals surface area (Å²) in [5.74, 6) is -0.0646. The number of aryl methyl sites for hydroxylation is 1. The van der Waals surface area contributed by atoms with Crippen LogP contribution >= 0.6 is 22.7 Å². The average Bonchev–Trinajstić information content (AvgIpc) is 3.01. The molecule has 0 fully saturated rings. The van der Waals surface area contributed by atoms with E-state index in [0.29, 0.717) is 10.3 Å². The van der Waals surface area contributed by atoms with Gasteiger partial charge in [-0.25, -0.2) is 4.98 Å². The number of aromatic nitrogens is 2. The number of hydrogen-bond donors (Lipinski definition) is 0. The predicted octanol–water partition coefficient (Wildman–Crippen LogP) is 2.71. The summed E-state index contributed by atoms with van der Waals surface area (Å²) in [4.78, 5) is 30.9. The molecule has 0 amide bonds. The lowest BCUT2D eigenvalue weighted by atomic mass is 10.3. The number of carbonyl (C=O) groups excluding carboxylic acids is 1. The van der Waals surface area contributed by atoms with Crippen LogP contribution in [-0.4, -0.2) is 15.3 Å². The smallest absolute Gasteiger partial charge is 0.262 e. The topological polar surface area (TPSA) is 52.0 Å². The minimum absolute atomic E-state index is 0.0389. The van der Waals surface area contributed by atoms with Gasteiger partial charge in [0.15, 0.2) is 5.78 Å². The fraction of sp³-hybridized carbons (Fsp3) is 0.154. The molecule has 0 aliphatic heterocycles. The zero-order chi connectivity index (χ0) is 13.4. The van der Waals surface area contributed by atoms with E-state index in [1.54, 1.807) is 6.07 Å². The first-order valence-corrected chi connectivity index (χ1v) is 7.37. The summed E-state index contributed by atoms with van der Waals surface area (Å²) in [6.07, 6.45) is 1.45. The summed E-state index contributed by atoms with van der Waals surface area (Å²) in [5, 5.41) is 2.43. The number of rotatable bonds is 3. The number of ketones is 1. The van der Waals surface area contributed by atoms with Crippen LogP contribution in [0.25, 0.3) is 10.2 Å². The highest BCUT2D eigenvalue weighted by Crippen LogP contribution is 2.19. The number of nitrogens with zero attached hydrogens (tertiary/aromatic N) is 2. The lowest BCUT2D eigenvalue weighted by Crippen LogP contribution is -2.23. The Kier molecular flexibility index (Phi) is 3.04. The molecule has 96 valence electrons. The van der Waals surface area contributed by atoms with E-state index in [9.17, 15) is 9.59 Å². The molecule has 19 heavy (non-hydrogen) atoms. The third-order valence-electron chi connectivity index (χ3n) is 2.75. The number of fused-ring (bicyclic) bond motifs is 1. The normalized spacial score (nSPS) is 11.0. The Hall–Kier alpha value is -1.79. The Morgan fingerprint density at radius 2 is 2.32 bits per heavy atom. The first kappa shape index (κ1) is 12.3. The molecule has 0 saturated carbocycles. The van der Waals surface area contributed by atoms with E-state index in [4.69, 9.17) is 0 Å². The van der Waals surface area contributed by atoms with Gasteiger partial charge in [-0.15, -0.1) is 22.7 Å². The van der Waals surface area contributed by atoms with Crippen LogP contribution in [0.2, 0.25) is 0 Å². The van der Waals surface area contributed by atoms with Crippen molar-refractivity contribution in [1.82, 2.24) is 9.55 Å². The van der Waals surface area contributed by atoms with Crippen LogP contribution in [-0.2, 0) is 6.54 Å². The van der Waals surface area contributed by atoms with E-state index in [0.717, 1.165) is 9.71 Å². The monoisotopic (exact) mass is 290 g/mol. The Labute approximate surface area is 117 Å². The summed E-state index contributed by atoms with van der Waals surface area (Å²) in [5.41, 5.74) is -0.153. The van der Waals surface area contributed by atoms with E-state index in [1.165, 1.54) is 33.6 Å². The maximum absolute atomic E-state index is 12.2. The second-order valence-electron chi connectivity index (χ2n) is 4.15. The Balaban J connectivity index is 2.00.